The van der Waals surface area contributed by atoms with Crippen molar-refractivity contribution in [2.45, 2.75) is 39.5 Å². The highest BCUT2D eigenvalue weighted by Crippen LogP contribution is 2.23. The van der Waals surface area contributed by atoms with Gasteiger partial charge in [-0.1, -0.05) is 50.5 Å². The molecule has 1 rings (SSSR count). The minimum absolute atomic E-state index is 0.0139. The molecule has 0 radical (unpaired) electrons. The van der Waals surface area contributed by atoms with Crippen LogP contribution in [0.1, 0.15) is 33.3 Å². The van der Waals surface area contributed by atoms with E-state index < -0.39 is 15.5 Å². The Hall–Kier alpha value is -1.60. The first-order chi connectivity index (χ1) is 11.5. The molecule has 0 aliphatic rings. The van der Waals surface area contributed by atoms with Crippen molar-refractivity contribution in [1.29, 1.82) is 0 Å². The number of benzene rings is 1. The van der Waals surface area contributed by atoms with Crippen LogP contribution in [0.4, 0.5) is 0 Å². The van der Waals surface area contributed by atoms with Gasteiger partial charge in [0, 0.05) is 16.9 Å². The van der Waals surface area contributed by atoms with E-state index in [4.69, 9.17) is 14.5 Å². The van der Waals surface area contributed by atoms with Crippen LogP contribution in [0.2, 0.25) is 0 Å². The molecule has 0 unspecified atom stereocenters. The van der Waals surface area contributed by atoms with Gasteiger partial charge >= 0.3 is 0 Å². The normalized spacial score (nSPS) is 12.7. The van der Waals surface area contributed by atoms with E-state index in [1.54, 1.807) is 12.1 Å². The topological polar surface area (TPSA) is 101 Å². The predicted molar refractivity (Wildman–Crippen MR) is 96.7 cm³/mol. The van der Waals surface area contributed by atoms with E-state index in [9.17, 15) is 8.42 Å². The zero-order chi connectivity index (χ0) is 19.1. The van der Waals surface area contributed by atoms with Gasteiger partial charge in [-0.3, -0.25) is 4.18 Å². The van der Waals surface area contributed by atoms with Crippen molar-refractivity contribution >= 4 is 10.1 Å². The van der Waals surface area contributed by atoms with Gasteiger partial charge in [0.15, 0.2) is 0 Å². The number of aryl methyl sites for hydroxylation is 1. The summed E-state index contributed by atoms with van der Waals surface area (Å²) in [6.45, 7) is 10.6. The van der Waals surface area contributed by atoms with Crippen LogP contribution < -0.4 is 0 Å². The first kappa shape index (κ1) is 21.4. The minimum Gasteiger partial charge on any atom is -0.380 e. The molecule has 0 saturated heterocycles. The molecular weight excluding hydrogens is 342 g/mol. The van der Waals surface area contributed by atoms with Gasteiger partial charge in [-0.25, -0.2) is 0 Å². The summed E-state index contributed by atoms with van der Waals surface area (Å²) in [5.74, 6) is 0. The Labute approximate surface area is 150 Å². The summed E-state index contributed by atoms with van der Waals surface area (Å²) in [5.41, 5.74) is 8.61. The molecule has 140 valence electrons. The van der Waals surface area contributed by atoms with Gasteiger partial charge in [-0.15, -0.1) is 0 Å². The highest BCUT2D eigenvalue weighted by molar-refractivity contribution is 7.86. The van der Waals surface area contributed by atoms with E-state index >= 15 is 0 Å². The first-order valence-corrected chi connectivity index (χ1v) is 9.43. The minimum atomic E-state index is -3.79. The van der Waals surface area contributed by atoms with Gasteiger partial charge < -0.3 is 4.74 Å². The second kappa shape index (κ2) is 8.67. The Morgan fingerprint density at radius 3 is 2.16 bits per heavy atom. The summed E-state index contributed by atoms with van der Waals surface area (Å²) in [6.07, 6.45) is 0. The van der Waals surface area contributed by atoms with Gasteiger partial charge in [-0.05, 0) is 30.0 Å². The molecule has 0 aromatic heterocycles. The Bertz CT molecular complexity index is 706. The molecule has 0 aliphatic heterocycles. The SMILES string of the molecule is Cc1ccc(S(=O)(=O)OCC(C)(C)COCC(C)(C)CN=[N+]=[N-])cc1. The van der Waals surface area contributed by atoms with Gasteiger partial charge in [0.25, 0.3) is 10.1 Å². The summed E-state index contributed by atoms with van der Waals surface area (Å²) in [7, 11) is -3.79. The summed E-state index contributed by atoms with van der Waals surface area (Å²) in [6, 6.07) is 6.53. The number of azide groups is 1. The molecule has 8 heteroatoms. The van der Waals surface area contributed by atoms with Gasteiger partial charge in [0.05, 0.1) is 24.7 Å². The highest BCUT2D eigenvalue weighted by atomic mass is 32.2. The monoisotopic (exact) mass is 369 g/mol. The largest absolute Gasteiger partial charge is 0.380 e. The lowest BCUT2D eigenvalue weighted by Gasteiger charge is -2.27. The Kier molecular flexibility index (Phi) is 7.44. The fourth-order valence-electron chi connectivity index (χ4n) is 1.92. The van der Waals surface area contributed by atoms with Crippen LogP contribution in [-0.4, -0.2) is 34.8 Å². The van der Waals surface area contributed by atoms with Crippen LogP contribution in [0, 0.1) is 17.8 Å². The van der Waals surface area contributed by atoms with Crippen LogP contribution >= 0.6 is 0 Å². The molecular formula is C17H27N3O4S. The maximum absolute atomic E-state index is 12.2. The van der Waals surface area contributed by atoms with Crippen LogP contribution in [0.3, 0.4) is 0 Å². The van der Waals surface area contributed by atoms with E-state index in [0.29, 0.717) is 19.8 Å². The molecule has 0 N–H and O–H groups in total. The smallest absolute Gasteiger partial charge is 0.296 e. The zero-order valence-electron chi connectivity index (χ0n) is 15.5. The highest BCUT2D eigenvalue weighted by Gasteiger charge is 2.26. The predicted octanol–water partition coefficient (Wildman–Crippen LogP) is 4.08. The molecule has 0 amide bonds. The third kappa shape index (κ3) is 7.88. The average molecular weight is 369 g/mol. The van der Waals surface area contributed by atoms with E-state index in [2.05, 4.69) is 10.0 Å². The fraction of sp³-hybridized carbons (Fsp3) is 0.647. The number of rotatable bonds is 10. The van der Waals surface area contributed by atoms with Crippen molar-refractivity contribution in [2.24, 2.45) is 15.9 Å². The second-order valence-electron chi connectivity index (χ2n) is 7.74. The molecule has 1 aromatic rings. The maximum Gasteiger partial charge on any atom is 0.296 e. The molecule has 7 nitrogen and oxygen atoms in total. The molecule has 0 saturated carbocycles. The van der Waals surface area contributed by atoms with Gasteiger partial charge in [-0.2, -0.15) is 8.42 Å². The van der Waals surface area contributed by atoms with Crippen LogP contribution in [0.25, 0.3) is 10.4 Å². The zero-order valence-corrected chi connectivity index (χ0v) is 16.3. The van der Waals surface area contributed by atoms with Crippen molar-refractivity contribution in [3.05, 3.63) is 40.3 Å². The van der Waals surface area contributed by atoms with Gasteiger partial charge in [0.2, 0.25) is 0 Å². The maximum atomic E-state index is 12.2. The lowest BCUT2D eigenvalue weighted by Crippen LogP contribution is -2.30. The molecule has 0 atom stereocenters. The van der Waals surface area contributed by atoms with E-state index in [1.165, 1.54) is 12.1 Å². The molecule has 0 spiro atoms. The standard InChI is InChI=1S/C17H27N3O4S/c1-14-6-8-15(9-7-14)25(21,22)24-13-17(4,5)12-23-11-16(2,3)10-19-20-18/h6-9H,10-13H2,1-5H3. The molecule has 0 aliphatic carbocycles. The number of hydrogen-bond acceptors (Lipinski definition) is 5. The first-order valence-electron chi connectivity index (χ1n) is 8.02. The quantitative estimate of drug-likeness (QED) is 0.268. The Morgan fingerprint density at radius 2 is 1.60 bits per heavy atom. The number of hydrogen-bond donors (Lipinski definition) is 0. The van der Waals surface area contributed by atoms with Crippen LogP contribution in [-0.2, 0) is 19.0 Å². The Balaban J connectivity index is 2.54. The third-order valence-electron chi connectivity index (χ3n) is 3.46. The average Bonchev–Trinajstić information content (AvgIpc) is 2.51. The summed E-state index contributed by atoms with van der Waals surface area (Å²) < 4.78 is 35.3. The third-order valence-corrected chi connectivity index (χ3v) is 4.74. The van der Waals surface area contributed by atoms with E-state index in [-0.39, 0.29) is 16.9 Å². The Morgan fingerprint density at radius 1 is 1.04 bits per heavy atom. The lowest BCUT2D eigenvalue weighted by atomic mass is 9.94. The molecule has 0 fully saturated rings. The fourth-order valence-corrected chi connectivity index (χ4v) is 3.00. The van der Waals surface area contributed by atoms with E-state index in [1.807, 2.05) is 34.6 Å². The van der Waals surface area contributed by atoms with Crippen molar-refractivity contribution in [2.75, 3.05) is 26.4 Å². The number of ether oxygens (including phenoxy) is 1. The molecule has 25 heavy (non-hydrogen) atoms. The van der Waals surface area contributed by atoms with E-state index in [0.717, 1.165) is 5.56 Å². The molecule has 1 aromatic carbocycles. The molecule has 0 bridgehead atoms. The van der Waals surface area contributed by atoms with Crippen molar-refractivity contribution in [3.8, 4) is 0 Å². The van der Waals surface area contributed by atoms with Crippen molar-refractivity contribution < 1.29 is 17.3 Å². The van der Waals surface area contributed by atoms with Crippen molar-refractivity contribution in [1.82, 2.24) is 0 Å². The van der Waals surface area contributed by atoms with Crippen molar-refractivity contribution in [3.63, 3.8) is 0 Å². The number of nitrogens with zero attached hydrogens (tertiary/aromatic N) is 3. The summed E-state index contributed by atoms with van der Waals surface area (Å²) in [4.78, 5) is 2.89. The summed E-state index contributed by atoms with van der Waals surface area (Å²) in [5, 5.41) is 3.56. The van der Waals surface area contributed by atoms with Crippen LogP contribution in [0.5, 0.6) is 0 Å². The van der Waals surface area contributed by atoms with Crippen LogP contribution in [0.15, 0.2) is 34.3 Å². The van der Waals surface area contributed by atoms with Gasteiger partial charge in [0.1, 0.15) is 0 Å². The second-order valence-corrected chi connectivity index (χ2v) is 9.35. The summed E-state index contributed by atoms with van der Waals surface area (Å²) >= 11 is 0. The molecule has 0 heterocycles. The lowest BCUT2D eigenvalue weighted by molar-refractivity contribution is 0.00202.